The molecule has 1 aliphatic carbocycles. The van der Waals surface area contributed by atoms with E-state index >= 15 is 0 Å². The fourth-order valence-corrected chi connectivity index (χ4v) is 9.09. The van der Waals surface area contributed by atoms with Crippen LogP contribution in [0.1, 0.15) is 27.8 Å². The van der Waals surface area contributed by atoms with Gasteiger partial charge in [-0.3, -0.25) is 0 Å². The first-order valence-corrected chi connectivity index (χ1v) is 18.1. The molecular weight excluding hydrogens is 653 g/mol. The maximum absolute atomic E-state index is 9.23. The van der Waals surface area contributed by atoms with Crippen LogP contribution >= 0.6 is 11.8 Å². The Hall–Kier alpha value is -6.61. The molecule has 52 heavy (non-hydrogen) atoms. The van der Waals surface area contributed by atoms with Crippen molar-refractivity contribution in [2.45, 2.75) is 15.2 Å². The van der Waals surface area contributed by atoms with Crippen LogP contribution in [0, 0.1) is 11.3 Å². The van der Waals surface area contributed by atoms with Gasteiger partial charge in [-0.25, -0.2) is 15.0 Å². The Morgan fingerprint density at radius 3 is 1.50 bits per heavy atom. The van der Waals surface area contributed by atoms with Crippen LogP contribution in [0.15, 0.2) is 180 Å². The van der Waals surface area contributed by atoms with Gasteiger partial charge >= 0.3 is 0 Å². The molecule has 10 rings (SSSR count). The lowest BCUT2D eigenvalue weighted by Gasteiger charge is -2.39. The van der Waals surface area contributed by atoms with E-state index in [2.05, 4.69) is 121 Å². The number of fused-ring (bicyclic) bond motifs is 9. The summed E-state index contributed by atoms with van der Waals surface area (Å²) in [6.07, 6.45) is 0. The topological polar surface area (TPSA) is 62.5 Å². The van der Waals surface area contributed by atoms with Crippen molar-refractivity contribution in [1.29, 1.82) is 5.26 Å². The Bertz CT molecular complexity index is 2670. The summed E-state index contributed by atoms with van der Waals surface area (Å²) in [4.78, 5) is 17.8. The Kier molecular flexibility index (Phi) is 6.99. The number of nitriles is 1. The second-order valence-electron chi connectivity index (χ2n) is 13.1. The lowest BCUT2D eigenvalue weighted by Crippen LogP contribution is -2.31. The molecule has 0 saturated carbocycles. The summed E-state index contributed by atoms with van der Waals surface area (Å²) in [5.41, 5.74) is 12.6. The summed E-state index contributed by atoms with van der Waals surface area (Å²) in [6.45, 7) is 0. The van der Waals surface area contributed by atoms with Gasteiger partial charge in [0, 0.05) is 26.5 Å². The molecule has 242 valence electrons. The third-order valence-electron chi connectivity index (χ3n) is 10.3. The van der Waals surface area contributed by atoms with Gasteiger partial charge in [0.1, 0.15) is 0 Å². The van der Waals surface area contributed by atoms with Crippen LogP contribution < -0.4 is 0 Å². The minimum atomic E-state index is -0.486. The summed E-state index contributed by atoms with van der Waals surface area (Å²) in [6, 6.07) is 61.5. The van der Waals surface area contributed by atoms with Crippen LogP contribution in [0.3, 0.4) is 0 Å². The number of hydrogen-bond acceptors (Lipinski definition) is 5. The molecule has 0 radical (unpaired) electrons. The van der Waals surface area contributed by atoms with E-state index < -0.39 is 5.41 Å². The molecule has 0 saturated heterocycles. The van der Waals surface area contributed by atoms with Crippen LogP contribution in [0.4, 0.5) is 0 Å². The highest BCUT2D eigenvalue weighted by molar-refractivity contribution is 7.99. The van der Waals surface area contributed by atoms with Crippen molar-refractivity contribution in [3.8, 4) is 62.5 Å². The van der Waals surface area contributed by atoms with E-state index in [1.807, 2.05) is 66.4 Å². The fourth-order valence-electron chi connectivity index (χ4n) is 7.89. The van der Waals surface area contributed by atoms with Crippen LogP contribution in [0.5, 0.6) is 0 Å². The van der Waals surface area contributed by atoms with Crippen molar-refractivity contribution in [3.05, 3.63) is 198 Å². The first-order chi connectivity index (χ1) is 25.7. The third kappa shape index (κ3) is 4.66. The third-order valence-corrected chi connectivity index (χ3v) is 11.4. The van der Waals surface area contributed by atoms with Crippen molar-refractivity contribution in [2.24, 2.45) is 0 Å². The standard InChI is InChI=1S/C47H28N4S/c48-29-30-18-20-31(21-19-30)32-22-24-34(25-23-32)45-49-44(33-10-2-1-3-11-33)50-46(51-45)35-26-27-37-36-12-4-5-13-38(36)47(41(37)28-35)39-14-6-8-16-42(39)52-43-17-9-7-15-40(43)47/h1-28H. The zero-order valence-electron chi connectivity index (χ0n) is 27.9. The van der Waals surface area contributed by atoms with Gasteiger partial charge in [0.25, 0.3) is 0 Å². The predicted molar refractivity (Wildman–Crippen MR) is 208 cm³/mol. The van der Waals surface area contributed by atoms with Gasteiger partial charge in [-0.15, -0.1) is 0 Å². The molecule has 4 nitrogen and oxygen atoms in total. The second-order valence-corrected chi connectivity index (χ2v) is 14.2. The van der Waals surface area contributed by atoms with Gasteiger partial charge in [0.15, 0.2) is 17.5 Å². The molecule has 7 aromatic carbocycles. The smallest absolute Gasteiger partial charge is 0.164 e. The largest absolute Gasteiger partial charge is 0.208 e. The van der Waals surface area contributed by atoms with Crippen LogP contribution in [0.25, 0.3) is 56.4 Å². The highest BCUT2D eigenvalue weighted by Gasteiger charge is 2.50. The summed E-state index contributed by atoms with van der Waals surface area (Å²) >= 11 is 1.85. The Labute approximate surface area is 306 Å². The summed E-state index contributed by atoms with van der Waals surface area (Å²) in [5, 5.41) is 9.23. The number of rotatable bonds is 4. The van der Waals surface area contributed by atoms with E-state index in [4.69, 9.17) is 15.0 Å². The molecule has 0 amide bonds. The van der Waals surface area contributed by atoms with E-state index in [0.29, 0.717) is 23.0 Å². The highest BCUT2D eigenvalue weighted by Crippen LogP contribution is 2.62. The lowest BCUT2D eigenvalue weighted by atomic mass is 9.67. The van der Waals surface area contributed by atoms with Gasteiger partial charge in [0.2, 0.25) is 0 Å². The summed E-state index contributed by atoms with van der Waals surface area (Å²) < 4.78 is 0. The zero-order chi connectivity index (χ0) is 34.6. The highest BCUT2D eigenvalue weighted by atomic mass is 32.2. The number of nitrogens with zero attached hydrogens (tertiary/aromatic N) is 4. The van der Waals surface area contributed by atoms with E-state index in [-0.39, 0.29) is 0 Å². The van der Waals surface area contributed by atoms with Crippen LogP contribution in [-0.4, -0.2) is 15.0 Å². The SMILES string of the molecule is N#Cc1ccc(-c2ccc(-c3nc(-c4ccccc4)nc(-c4ccc5c(c4)C4(c6ccccc6Sc6ccccc64)c4ccccc4-5)n3)cc2)cc1. The lowest BCUT2D eigenvalue weighted by molar-refractivity contribution is 0.722. The Morgan fingerprint density at radius 2 is 0.865 bits per heavy atom. The van der Waals surface area contributed by atoms with E-state index in [0.717, 1.165) is 27.8 Å². The van der Waals surface area contributed by atoms with Crippen molar-refractivity contribution in [2.75, 3.05) is 0 Å². The molecule has 0 fully saturated rings. The molecule has 0 atom stereocenters. The maximum Gasteiger partial charge on any atom is 0.164 e. The Morgan fingerprint density at radius 1 is 0.404 bits per heavy atom. The first kappa shape index (κ1) is 30.2. The monoisotopic (exact) mass is 680 g/mol. The molecule has 0 unspecified atom stereocenters. The van der Waals surface area contributed by atoms with Crippen molar-refractivity contribution in [3.63, 3.8) is 0 Å². The number of aromatic nitrogens is 3. The molecule has 1 aliphatic heterocycles. The van der Waals surface area contributed by atoms with Crippen molar-refractivity contribution < 1.29 is 0 Å². The molecule has 0 bridgehead atoms. The van der Waals surface area contributed by atoms with Crippen LogP contribution in [-0.2, 0) is 5.41 Å². The van der Waals surface area contributed by atoms with E-state index in [1.165, 1.54) is 43.2 Å². The molecule has 1 aromatic heterocycles. The molecule has 2 aliphatic rings. The van der Waals surface area contributed by atoms with Gasteiger partial charge in [-0.05, 0) is 74.8 Å². The van der Waals surface area contributed by atoms with Crippen molar-refractivity contribution >= 4 is 11.8 Å². The van der Waals surface area contributed by atoms with E-state index in [9.17, 15) is 5.26 Å². The fraction of sp³-hybridized carbons (Fsp3) is 0.0213. The molecule has 1 spiro atoms. The quantitative estimate of drug-likeness (QED) is 0.185. The van der Waals surface area contributed by atoms with Gasteiger partial charge < -0.3 is 0 Å². The molecule has 0 N–H and O–H groups in total. The normalized spacial score (nSPS) is 13.1. The molecule has 8 aromatic rings. The summed E-state index contributed by atoms with van der Waals surface area (Å²) in [7, 11) is 0. The average Bonchev–Trinajstić information content (AvgIpc) is 3.51. The minimum absolute atomic E-state index is 0.486. The maximum atomic E-state index is 9.23. The molecular formula is C47H28N4S. The molecule has 5 heteroatoms. The number of benzene rings is 7. The molecule has 2 heterocycles. The second kappa shape index (κ2) is 12.0. The van der Waals surface area contributed by atoms with E-state index in [1.54, 1.807) is 0 Å². The summed E-state index contributed by atoms with van der Waals surface area (Å²) in [5.74, 6) is 1.86. The van der Waals surface area contributed by atoms with Gasteiger partial charge in [-0.2, -0.15) is 5.26 Å². The minimum Gasteiger partial charge on any atom is -0.208 e. The van der Waals surface area contributed by atoms with Gasteiger partial charge in [0.05, 0.1) is 17.0 Å². The van der Waals surface area contributed by atoms with Crippen molar-refractivity contribution in [1.82, 2.24) is 15.0 Å². The predicted octanol–water partition coefficient (Wildman–Crippen LogP) is 11.2. The van der Waals surface area contributed by atoms with Crippen LogP contribution in [0.2, 0.25) is 0 Å². The average molecular weight is 681 g/mol. The van der Waals surface area contributed by atoms with Gasteiger partial charge in [-0.1, -0.05) is 151 Å². The Balaban J connectivity index is 1.16. The number of hydrogen-bond donors (Lipinski definition) is 0. The zero-order valence-corrected chi connectivity index (χ0v) is 28.7. The first-order valence-electron chi connectivity index (χ1n) is 17.2.